The highest BCUT2D eigenvalue weighted by molar-refractivity contribution is 7.16. The van der Waals surface area contributed by atoms with Crippen LogP contribution in [0.15, 0.2) is 36.5 Å². The summed E-state index contributed by atoms with van der Waals surface area (Å²) >= 11 is 7.58. The highest BCUT2D eigenvalue weighted by Crippen LogP contribution is 2.21. The van der Waals surface area contributed by atoms with Crippen molar-refractivity contribution >= 4 is 28.6 Å². The molecule has 0 aliphatic rings. The van der Waals surface area contributed by atoms with Crippen LogP contribution in [0.3, 0.4) is 0 Å². The van der Waals surface area contributed by atoms with Gasteiger partial charge in [0.2, 0.25) is 0 Å². The Balaban J connectivity index is 1.61. The van der Waals surface area contributed by atoms with Gasteiger partial charge in [0.15, 0.2) is 0 Å². The Morgan fingerprint density at radius 3 is 3.00 bits per heavy atom. The third-order valence-electron chi connectivity index (χ3n) is 3.30. The molecule has 0 saturated heterocycles. The number of nitrogens with one attached hydrogen (secondary N) is 1. The van der Waals surface area contributed by atoms with Gasteiger partial charge in [-0.1, -0.05) is 17.7 Å². The van der Waals surface area contributed by atoms with Crippen LogP contribution in [0.4, 0.5) is 0 Å². The Labute approximate surface area is 127 Å². The van der Waals surface area contributed by atoms with Crippen molar-refractivity contribution in [3.63, 3.8) is 0 Å². The minimum absolute atomic E-state index is 0.829. The maximum atomic E-state index is 5.93. The minimum atomic E-state index is 0.829. The molecule has 0 atom stereocenters. The van der Waals surface area contributed by atoms with E-state index in [0.29, 0.717) is 0 Å². The summed E-state index contributed by atoms with van der Waals surface area (Å²) in [7, 11) is 0. The van der Waals surface area contributed by atoms with Crippen LogP contribution < -0.4 is 5.32 Å². The first-order chi connectivity index (χ1) is 9.74. The van der Waals surface area contributed by atoms with Crippen molar-refractivity contribution in [3.05, 3.63) is 57.1 Å². The van der Waals surface area contributed by atoms with Crippen LogP contribution in [-0.4, -0.2) is 15.9 Å². The smallest absolute Gasteiger partial charge is 0.137 e. The van der Waals surface area contributed by atoms with Gasteiger partial charge in [0.25, 0.3) is 0 Å². The molecular weight excluding hydrogens is 290 g/mol. The van der Waals surface area contributed by atoms with Gasteiger partial charge in [0, 0.05) is 24.2 Å². The second-order valence-corrected chi connectivity index (χ2v) is 6.50. The van der Waals surface area contributed by atoms with Gasteiger partial charge in [-0.15, -0.1) is 11.3 Å². The number of aromatic nitrogens is 2. The monoisotopic (exact) mass is 305 g/mol. The molecule has 1 N–H and O–H groups in total. The molecule has 3 aromatic rings. The van der Waals surface area contributed by atoms with Crippen LogP contribution in [0.5, 0.6) is 0 Å². The van der Waals surface area contributed by atoms with Gasteiger partial charge in [-0.05, 0) is 37.6 Å². The highest BCUT2D eigenvalue weighted by Gasteiger charge is 2.07. The first-order valence-electron chi connectivity index (χ1n) is 6.61. The second-order valence-electron chi connectivity index (χ2n) is 4.71. The summed E-state index contributed by atoms with van der Waals surface area (Å²) in [6, 6.07) is 10.1. The number of thiophene rings is 1. The van der Waals surface area contributed by atoms with Crippen LogP contribution in [0, 0.1) is 6.92 Å². The summed E-state index contributed by atoms with van der Waals surface area (Å²) in [4.78, 5) is 5.88. The van der Waals surface area contributed by atoms with Gasteiger partial charge in [0.1, 0.15) is 5.65 Å². The van der Waals surface area contributed by atoms with Crippen LogP contribution in [0.2, 0.25) is 4.34 Å². The molecule has 0 fully saturated rings. The van der Waals surface area contributed by atoms with Crippen LogP contribution in [-0.2, 0) is 13.0 Å². The zero-order valence-corrected chi connectivity index (χ0v) is 12.8. The Hall–Kier alpha value is -1.36. The van der Waals surface area contributed by atoms with Gasteiger partial charge >= 0.3 is 0 Å². The SMILES string of the molecule is Cc1nc2ccccn2c1CNCCc1ccc(Cl)s1. The van der Waals surface area contributed by atoms with E-state index >= 15 is 0 Å². The summed E-state index contributed by atoms with van der Waals surface area (Å²) in [5.41, 5.74) is 3.32. The molecule has 3 aromatic heterocycles. The lowest BCUT2D eigenvalue weighted by Gasteiger charge is -2.05. The quantitative estimate of drug-likeness (QED) is 0.729. The number of hydrogen-bond donors (Lipinski definition) is 1. The number of aryl methyl sites for hydroxylation is 1. The third-order valence-corrected chi connectivity index (χ3v) is 4.59. The molecule has 0 saturated carbocycles. The predicted octanol–water partition coefficient (Wildman–Crippen LogP) is 3.69. The molecule has 5 heteroatoms. The lowest BCUT2D eigenvalue weighted by Crippen LogP contribution is -2.18. The average Bonchev–Trinajstić information content (AvgIpc) is 2.98. The summed E-state index contributed by atoms with van der Waals surface area (Å²) in [6.07, 6.45) is 3.07. The maximum absolute atomic E-state index is 5.93. The van der Waals surface area contributed by atoms with E-state index in [-0.39, 0.29) is 0 Å². The Morgan fingerprint density at radius 2 is 2.20 bits per heavy atom. The Bertz CT molecular complexity index is 717. The zero-order valence-electron chi connectivity index (χ0n) is 11.3. The molecule has 0 amide bonds. The van der Waals surface area contributed by atoms with Crippen molar-refractivity contribution in [3.8, 4) is 0 Å². The van der Waals surface area contributed by atoms with Crippen molar-refractivity contribution in [2.75, 3.05) is 6.54 Å². The number of fused-ring (bicyclic) bond motifs is 1. The van der Waals surface area contributed by atoms with Gasteiger partial charge in [-0.3, -0.25) is 0 Å². The van der Waals surface area contributed by atoms with Crippen LogP contribution >= 0.6 is 22.9 Å². The molecule has 3 nitrogen and oxygen atoms in total. The second kappa shape index (κ2) is 5.95. The molecule has 0 radical (unpaired) electrons. The molecular formula is C15H16ClN3S. The van der Waals surface area contributed by atoms with Crippen LogP contribution in [0.25, 0.3) is 5.65 Å². The summed E-state index contributed by atoms with van der Waals surface area (Å²) in [5, 5.41) is 3.48. The highest BCUT2D eigenvalue weighted by atomic mass is 35.5. The van der Waals surface area contributed by atoms with Gasteiger partial charge in [-0.25, -0.2) is 4.98 Å². The maximum Gasteiger partial charge on any atom is 0.137 e. The lowest BCUT2D eigenvalue weighted by atomic mass is 10.3. The molecule has 3 heterocycles. The number of hydrogen-bond acceptors (Lipinski definition) is 3. The van der Waals surface area contributed by atoms with E-state index in [1.807, 2.05) is 24.3 Å². The molecule has 0 aliphatic carbocycles. The molecule has 0 aromatic carbocycles. The van der Waals surface area contributed by atoms with E-state index in [4.69, 9.17) is 11.6 Å². The van der Waals surface area contributed by atoms with Gasteiger partial charge in [0.05, 0.1) is 15.7 Å². The topological polar surface area (TPSA) is 29.3 Å². The molecule has 3 rings (SSSR count). The molecule has 0 aliphatic heterocycles. The normalized spacial score (nSPS) is 11.3. The molecule has 0 spiro atoms. The van der Waals surface area contributed by atoms with Crippen molar-refractivity contribution in [2.45, 2.75) is 19.9 Å². The molecule has 0 unspecified atom stereocenters. The van der Waals surface area contributed by atoms with Gasteiger partial charge < -0.3 is 9.72 Å². The van der Waals surface area contributed by atoms with Crippen molar-refractivity contribution in [1.82, 2.24) is 14.7 Å². The first-order valence-corrected chi connectivity index (χ1v) is 7.81. The van der Waals surface area contributed by atoms with Crippen LogP contribution in [0.1, 0.15) is 16.3 Å². The number of imidazole rings is 1. The largest absolute Gasteiger partial charge is 0.311 e. The van der Waals surface area contributed by atoms with E-state index < -0.39 is 0 Å². The van der Waals surface area contributed by atoms with E-state index in [0.717, 1.165) is 35.2 Å². The van der Waals surface area contributed by atoms with Crippen molar-refractivity contribution in [2.24, 2.45) is 0 Å². The molecule has 104 valence electrons. The van der Waals surface area contributed by atoms with Crippen molar-refractivity contribution in [1.29, 1.82) is 0 Å². The average molecular weight is 306 g/mol. The summed E-state index contributed by atoms with van der Waals surface area (Å²) < 4.78 is 3.00. The van der Waals surface area contributed by atoms with E-state index in [2.05, 4.69) is 33.9 Å². The fraction of sp³-hybridized carbons (Fsp3) is 0.267. The molecule has 20 heavy (non-hydrogen) atoms. The van der Waals surface area contributed by atoms with E-state index in [1.54, 1.807) is 11.3 Å². The predicted molar refractivity (Wildman–Crippen MR) is 84.7 cm³/mol. The fourth-order valence-electron chi connectivity index (χ4n) is 2.28. The number of rotatable bonds is 5. The number of halogens is 1. The Morgan fingerprint density at radius 1 is 1.30 bits per heavy atom. The Kier molecular flexibility index (Phi) is 4.05. The summed E-state index contributed by atoms with van der Waals surface area (Å²) in [6.45, 7) is 3.83. The lowest BCUT2D eigenvalue weighted by molar-refractivity contribution is 0.671. The molecule has 0 bridgehead atoms. The third kappa shape index (κ3) is 2.87. The first kappa shape index (κ1) is 13.6. The minimum Gasteiger partial charge on any atom is -0.311 e. The van der Waals surface area contributed by atoms with Gasteiger partial charge in [-0.2, -0.15) is 0 Å². The van der Waals surface area contributed by atoms with E-state index in [1.165, 1.54) is 10.6 Å². The van der Waals surface area contributed by atoms with E-state index in [9.17, 15) is 0 Å². The standard InChI is InChI=1S/C15H16ClN3S/c1-11-13(19-9-3-2-4-15(19)18-11)10-17-8-7-12-5-6-14(16)20-12/h2-6,9,17H,7-8,10H2,1H3. The number of pyridine rings is 1. The number of nitrogens with zero attached hydrogens (tertiary/aromatic N) is 2. The van der Waals surface area contributed by atoms with Crippen molar-refractivity contribution < 1.29 is 0 Å². The fourth-order valence-corrected chi connectivity index (χ4v) is 3.37. The zero-order chi connectivity index (χ0) is 13.9. The summed E-state index contributed by atoms with van der Waals surface area (Å²) in [5.74, 6) is 0.